The van der Waals surface area contributed by atoms with E-state index in [0.29, 0.717) is 54.1 Å². The van der Waals surface area contributed by atoms with Crippen molar-refractivity contribution in [3.05, 3.63) is 52.9 Å². The number of hydrogen-bond donors (Lipinski definition) is 0. The third-order valence-corrected chi connectivity index (χ3v) is 6.19. The maximum absolute atomic E-state index is 13.1. The van der Waals surface area contributed by atoms with Crippen LogP contribution in [0.1, 0.15) is 37.0 Å². The van der Waals surface area contributed by atoms with Crippen molar-refractivity contribution >= 4 is 34.8 Å². The summed E-state index contributed by atoms with van der Waals surface area (Å²) in [4.78, 5) is 25.6. The van der Waals surface area contributed by atoms with Crippen LogP contribution in [-0.4, -0.2) is 61.7 Å². The number of amides is 1. The Labute approximate surface area is 202 Å². The molecule has 0 atom stereocenters. The lowest BCUT2D eigenvalue weighted by molar-refractivity contribution is 0.0745. The first kappa shape index (κ1) is 22.3. The number of oxazole rings is 1. The average Bonchev–Trinajstić information content (AvgIpc) is 3.42. The van der Waals surface area contributed by atoms with Crippen LogP contribution in [-0.2, 0) is 12.5 Å². The Kier molecular flexibility index (Phi) is 5.51. The van der Waals surface area contributed by atoms with Crippen molar-refractivity contribution in [2.75, 3.05) is 31.1 Å². The number of benzene rings is 1. The highest BCUT2D eigenvalue weighted by Crippen LogP contribution is 2.26. The molecular weight excluding hydrogens is 454 g/mol. The molecule has 0 aliphatic carbocycles. The van der Waals surface area contributed by atoms with Gasteiger partial charge in [0.05, 0.1) is 0 Å². The van der Waals surface area contributed by atoms with Gasteiger partial charge in [0, 0.05) is 49.8 Å². The first-order valence-electron chi connectivity index (χ1n) is 11.2. The predicted octanol–water partition coefficient (Wildman–Crippen LogP) is 3.93. The van der Waals surface area contributed by atoms with Crippen LogP contribution in [0.5, 0.6) is 0 Å². The van der Waals surface area contributed by atoms with E-state index in [1.165, 1.54) is 0 Å². The number of hydrogen-bond acceptors (Lipinski definition) is 7. The fourth-order valence-corrected chi connectivity index (χ4v) is 4.34. The average molecular weight is 480 g/mol. The van der Waals surface area contributed by atoms with Crippen LogP contribution >= 0.6 is 11.6 Å². The Bertz CT molecular complexity index is 1350. The van der Waals surface area contributed by atoms with Crippen LogP contribution in [0.3, 0.4) is 0 Å². The molecule has 0 bridgehead atoms. The minimum atomic E-state index is -0.0977. The van der Waals surface area contributed by atoms with E-state index >= 15 is 0 Å². The van der Waals surface area contributed by atoms with Gasteiger partial charge in [0.2, 0.25) is 5.65 Å². The first-order chi connectivity index (χ1) is 16.2. The summed E-state index contributed by atoms with van der Waals surface area (Å²) in [6.45, 7) is 8.73. The Hall–Kier alpha value is -3.46. The Morgan fingerprint density at radius 2 is 1.68 bits per heavy atom. The van der Waals surface area contributed by atoms with Gasteiger partial charge in [-0.25, -0.2) is 4.98 Å². The third-order valence-electron chi connectivity index (χ3n) is 5.98. The molecule has 4 heterocycles. The molecule has 1 aliphatic rings. The number of anilines is 1. The van der Waals surface area contributed by atoms with Crippen molar-refractivity contribution in [2.24, 2.45) is 7.05 Å². The second kappa shape index (κ2) is 8.39. The van der Waals surface area contributed by atoms with Gasteiger partial charge in [0.25, 0.3) is 11.9 Å². The summed E-state index contributed by atoms with van der Waals surface area (Å²) in [6.07, 6.45) is 0. The third kappa shape index (κ3) is 4.11. The van der Waals surface area contributed by atoms with Crippen LogP contribution in [0.4, 0.5) is 6.01 Å². The van der Waals surface area contributed by atoms with Gasteiger partial charge >= 0.3 is 0 Å². The summed E-state index contributed by atoms with van der Waals surface area (Å²) in [5.41, 5.74) is 2.56. The van der Waals surface area contributed by atoms with E-state index in [9.17, 15) is 4.79 Å². The Balaban J connectivity index is 1.25. The van der Waals surface area contributed by atoms with E-state index < -0.39 is 0 Å². The number of piperazine rings is 1. The molecule has 1 aliphatic heterocycles. The van der Waals surface area contributed by atoms with Gasteiger partial charge < -0.3 is 18.8 Å². The molecule has 4 aromatic rings. The fourth-order valence-electron chi connectivity index (χ4n) is 4.20. The van der Waals surface area contributed by atoms with Crippen molar-refractivity contribution in [3.63, 3.8) is 0 Å². The molecule has 0 N–H and O–H groups in total. The van der Waals surface area contributed by atoms with E-state index in [4.69, 9.17) is 16.0 Å². The summed E-state index contributed by atoms with van der Waals surface area (Å²) in [5, 5.41) is 9.09. The molecule has 1 fully saturated rings. The van der Waals surface area contributed by atoms with Crippen molar-refractivity contribution in [3.8, 4) is 11.4 Å². The van der Waals surface area contributed by atoms with Crippen molar-refractivity contribution in [2.45, 2.75) is 26.2 Å². The lowest BCUT2D eigenvalue weighted by Crippen LogP contribution is -2.48. The largest absolute Gasteiger partial charge is 0.422 e. The number of halogens is 1. The number of pyridine rings is 1. The van der Waals surface area contributed by atoms with Crippen molar-refractivity contribution < 1.29 is 9.21 Å². The van der Waals surface area contributed by atoms with Gasteiger partial charge in [-0.2, -0.15) is 4.98 Å². The van der Waals surface area contributed by atoms with Crippen LogP contribution < -0.4 is 4.90 Å². The second-order valence-corrected chi connectivity index (χ2v) is 9.85. The molecule has 0 unspecified atom stereocenters. The van der Waals surface area contributed by atoms with E-state index in [0.717, 1.165) is 17.2 Å². The zero-order valence-corrected chi connectivity index (χ0v) is 20.4. The zero-order chi connectivity index (χ0) is 24.0. The summed E-state index contributed by atoms with van der Waals surface area (Å²) >= 11 is 5.94. The number of carbonyl (C=O) groups is 1. The van der Waals surface area contributed by atoms with Gasteiger partial charge in [-0.3, -0.25) is 4.79 Å². The topological polar surface area (TPSA) is 93.2 Å². The number of carbonyl (C=O) groups excluding carboxylic acids is 1. The van der Waals surface area contributed by atoms with Crippen LogP contribution in [0.2, 0.25) is 5.15 Å². The summed E-state index contributed by atoms with van der Waals surface area (Å²) in [6, 6.07) is 11.5. The van der Waals surface area contributed by atoms with Gasteiger partial charge in [-0.15, -0.1) is 10.2 Å². The van der Waals surface area contributed by atoms with Crippen molar-refractivity contribution in [1.82, 2.24) is 29.6 Å². The monoisotopic (exact) mass is 479 g/mol. The first-order valence-corrected chi connectivity index (χ1v) is 11.6. The normalized spacial score (nSPS) is 14.7. The zero-order valence-electron chi connectivity index (χ0n) is 19.6. The smallest absolute Gasteiger partial charge is 0.300 e. The molecule has 5 rings (SSSR count). The second-order valence-electron chi connectivity index (χ2n) is 9.46. The number of aromatic nitrogens is 5. The fraction of sp³-hybridized carbons (Fsp3) is 0.375. The molecule has 1 amide bonds. The number of nitrogens with zero attached hydrogens (tertiary/aromatic N) is 7. The molecular formula is C24H26ClN7O2. The minimum Gasteiger partial charge on any atom is -0.422 e. The number of rotatable bonds is 3. The molecule has 34 heavy (non-hydrogen) atoms. The Morgan fingerprint density at radius 3 is 2.32 bits per heavy atom. The molecule has 0 saturated carbocycles. The highest BCUT2D eigenvalue weighted by atomic mass is 35.5. The van der Waals surface area contributed by atoms with Gasteiger partial charge in [-0.1, -0.05) is 44.5 Å². The van der Waals surface area contributed by atoms with Crippen molar-refractivity contribution in [1.29, 1.82) is 0 Å². The predicted molar refractivity (Wildman–Crippen MR) is 130 cm³/mol. The molecule has 9 nitrogen and oxygen atoms in total. The summed E-state index contributed by atoms with van der Waals surface area (Å²) in [5.74, 6) is 1.70. The maximum atomic E-state index is 13.1. The minimum absolute atomic E-state index is 0.00515. The molecule has 1 saturated heterocycles. The Morgan fingerprint density at radius 1 is 0.971 bits per heavy atom. The van der Waals surface area contributed by atoms with E-state index in [1.807, 2.05) is 45.7 Å². The number of fused-ring (bicyclic) bond motifs is 1. The van der Waals surface area contributed by atoms with E-state index in [-0.39, 0.29) is 11.3 Å². The highest BCUT2D eigenvalue weighted by Gasteiger charge is 2.26. The molecule has 0 spiro atoms. The molecule has 176 valence electrons. The van der Waals surface area contributed by atoms with Crippen LogP contribution in [0, 0.1) is 0 Å². The lowest BCUT2D eigenvalue weighted by atomic mass is 9.96. The molecule has 0 radical (unpaired) electrons. The SMILES string of the molecule is Cn1c(-c2ccc(C(=O)N3CCN(c4nc5nc(Cl)ccc5o4)CC3)cc2)nnc1C(C)(C)C. The molecule has 3 aromatic heterocycles. The van der Waals surface area contributed by atoms with Gasteiger partial charge in [0.1, 0.15) is 11.0 Å². The van der Waals surface area contributed by atoms with Gasteiger partial charge in [0.15, 0.2) is 11.4 Å². The molecule has 10 heteroatoms. The highest BCUT2D eigenvalue weighted by molar-refractivity contribution is 6.29. The van der Waals surface area contributed by atoms with Crippen LogP contribution in [0.15, 0.2) is 40.8 Å². The molecule has 1 aromatic carbocycles. The summed E-state index contributed by atoms with van der Waals surface area (Å²) < 4.78 is 7.81. The summed E-state index contributed by atoms with van der Waals surface area (Å²) in [7, 11) is 1.97. The van der Waals surface area contributed by atoms with E-state index in [1.54, 1.807) is 12.1 Å². The quantitative estimate of drug-likeness (QED) is 0.411. The van der Waals surface area contributed by atoms with Gasteiger partial charge in [-0.05, 0) is 24.3 Å². The van der Waals surface area contributed by atoms with E-state index in [2.05, 4.69) is 40.9 Å². The standard InChI is InChI=1S/C24H26ClN7O2/c1-24(2,3)22-29-28-20(30(22)4)15-5-7-16(8-6-15)21(33)31-11-13-32(14-12-31)23-27-19-17(34-23)9-10-18(25)26-19/h5-10H,11-14H2,1-4H3. The lowest BCUT2D eigenvalue weighted by Gasteiger charge is -2.33. The van der Waals surface area contributed by atoms with Crippen LogP contribution in [0.25, 0.3) is 22.6 Å². The maximum Gasteiger partial charge on any atom is 0.300 e.